The smallest absolute Gasteiger partial charge is 0.338 e. The molecule has 0 aromatic rings. The zero-order chi connectivity index (χ0) is 13.1. The highest BCUT2D eigenvalue weighted by Crippen LogP contribution is 2.14. The fraction of sp³-hybridized carbons (Fsp3) is 0.750. The average molecular weight is 260 g/mol. The molecule has 0 aliphatic carbocycles. The lowest BCUT2D eigenvalue weighted by molar-refractivity contribution is -0.137. The van der Waals surface area contributed by atoms with E-state index in [1.54, 1.807) is 0 Å². The van der Waals surface area contributed by atoms with Crippen LogP contribution in [0.1, 0.15) is 26.7 Å². The zero-order valence-electron chi connectivity index (χ0n) is 11.2. The maximum atomic E-state index is 10.9. The molecule has 5 heteroatoms. The number of hydrogen-bond donors (Lipinski definition) is 0. The summed E-state index contributed by atoms with van der Waals surface area (Å²) < 4.78 is 16.6. The van der Waals surface area contributed by atoms with Gasteiger partial charge in [0, 0.05) is 25.3 Å². The van der Waals surface area contributed by atoms with Crippen LogP contribution in [0, 0.1) is 0 Å². The molecule has 0 heterocycles. The highest BCUT2D eigenvalue weighted by atomic mass is 28.4. The van der Waals surface area contributed by atoms with Crippen LogP contribution in [0.25, 0.3) is 0 Å². The van der Waals surface area contributed by atoms with E-state index in [-0.39, 0.29) is 0 Å². The van der Waals surface area contributed by atoms with Crippen molar-refractivity contribution < 1.29 is 18.4 Å². The van der Waals surface area contributed by atoms with Gasteiger partial charge in [0.05, 0.1) is 6.61 Å². The van der Waals surface area contributed by atoms with Gasteiger partial charge in [0.25, 0.3) is 0 Å². The van der Waals surface area contributed by atoms with Crippen LogP contribution in [0.15, 0.2) is 12.7 Å². The summed E-state index contributed by atoms with van der Waals surface area (Å²) in [5.41, 5.74) is 0. The first-order valence-corrected chi connectivity index (χ1v) is 8.67. The van der Waals surface area contributed by atoms with E-state index >= 15 is 0 Å². The summed E-state index contributed by atoms with van der Waals surface area (Å²) in [6.07, 6.45) is 3.09. The van der Waals surface area contributed by atoms with Crippen molar-refractivity contribution in [1.82, 2.24) is 0 Å². The Bertz CT molecular complexity index is 223. The van der Waals surface area contributed by atoms with Crippen LogP contribution in [-0.4, -0.2) is 34.4 Å². The minimum atomic E-state index is -2.18. The Morgan fingerprint density at radius 2 is 1.71 bits per heavy atom. The van der Waals surface area contributed by atoms with Crippen LogP contribution in [0.5, 0.6) is 0 Å². The molecule has 0 bridgehead atoms. The Labute approximate surface area is 105 Å². The van der Waals surface area contributed by atoms with Crippen LogP contribution in [0.4, 0.5) is 0 Å². The van der Waals surface area contributed by atoms with Crippen LogP contribution >= 0.6 is 0 Å². The number of esters is 1. The van der Waals surface area contributed by atoms with E-state index < -0.39 is 14.5 Å². The van der Waals surface area contributed by atoms with Gasteiger partial charge in [-0.05, 0) is 19.4 Å². The lowest BCUT2D eigenvalue weighted by atomic mass is 10.5. The molecule has 0 atom stereocenters. The second kappa shape index (κ2) is 9.38. The van der Waals surface area contributed by atoms with Crippen molar-refractivity contribution in [3.8, 4) is 0 Å². The molecule has 0 fully saturated rings. The van der Waals surface area contributed by atoms with E-state index in [9.17, 15) is 4.79 Å². The van der Waals surface area contributed by atoms with Crippen molar-refractivity contribution >= 4 is 14.5 Å². The first-order chi connectivity index (χ1) is 8.08. The van der Waals surface area contributed by atoms with Crippen molar-refractivity contribution in [3.05, 3.63) is 12.7 Å². The SMILES string of the molecule is C=CC(=O)OCC[Si](C)(OCCC)OCCC. The third kappa shape index (κ3) is 8.12. The normalized spacial score (nSPS) is 11.2. The van der Waals surface area contributed by atoms with Gasteiger partial charge >= 0.3 is 14.5 Å². The fourth-order valence-corrected chi connectivity index (χ4v) is 3.33. The minimum Gasteiger partial charge on any atom is -0.463 e. The molecule has 17 heavy (non-hydrogen) atoms. The van der Waals surface area contributed by atoms with Gasteiger partial charge in [0.2, 0.25) is 0 Å². The molecule has 0 unspecified atom stereocenters. The Kier molecular flexibility index (Phi) is 9.02. The van der Waals surface area contributed by atoms with Crippen molar-refractivity contribution in [3.63, 3.8) is 0 Å². The molecule has 0 spiro atoms. The lowest BCUT2D eigenvalue weighted by Crippen LogP contribution is -2.40. The largest absolute Gasteiger partial charge is 0.463 e. The van der Waals surface area contributed by atoms with Gasteiger partial charge in [-0.3, -0.25) is 0 Å². The Hall–Kier alpha value is -0.653. The molecular formula is C12H24O4Si. The van der Waals surface area contributed by atoms with Gasteiger partial charge in [-0.1, -0.05) is 20.4 Å². The minimum absolute atomic E-state index is 0.334. The summed E-state index contributed by atoms with van der Waals surface area (Å²) >= 11 is 0. The molecular weight excluding hydrogens is 236 g/mol. The van der Waals surface area contributed by atoms with Gasteiger partial charge in [-0.15, -0.1) is 0 Å². The molecule has 0 aliphatic rings. The highest BCUT2D eigenvalue weighted by Gasteiger charge is 2.31. The maximum absolute atomic E-state index is 10.9. The van der Waals surface area contributed by atoms with Gasteiger partial charge in [-0.25, -0.2) is 4.79 Å². The van der Waals surface area contributed by atoms with Gasteiger partial charge in [0.1, 0.15) is 0 Å². The number of ether oxygens (including phenoxy) is 1. The van der Waals surface area contributed by atoms with Crippen molar-refractivity contribution in [2.24, 2.45) is 0 Å². The van der Waals surface area contributed by atoms with Crippen molar-refractivity contribution in [1.29, 1.82) is 0 Å². The topological polar surface area (TPSA) is 44.8 Å². The lowest BCUT2D eigenvalue weighted by Gasteiger charge is -2.26. The second-order valence-electron chi connectivity index (χ2n) is 3.95. The number of carbonyl (C=O) groups excluding carboxylic acids is 1. The third-order valence-electron chi connectivity index (χ3n) is 2.19. The molecule has 0 aliphatic heterocycles. The summed E-state index contributed by atoms with van der Waals surface area (Å²) in [4.78, 5) is 10.9. The van der Waals surface area contributed by atoms with E-state index in [1.165, 1.54) is 6.08 Å². The summed E-state index contributed by atoms with van der Waals surface area (Å²) in [6.45, 7) is 11.2. The Morgan fingerprint density at radius 1 is 1.18 bits per heavy atom. The molecule has 0 saturated heterocycles. The van der Waals surface area contributed by atoms with Gasteiger partial charge in [0.15, 0.2) is 0 Å². The quantitative estimate of drug-likeness (QED) is 0.344. The van der Waals surface area contributed by atoms with E-state index in [4.69, 9.17) is 13.6 Å². The van der Waals surface area contributed by atoms with E-state index in [1.807, 2.05) is 6.55 Å². The second-order valence-corrected chi connectivity index (χ2v) is 7.30. The number of hydrogen-bond acceptors (Lipinski definition) is 4. The molecule has 0 amide bonds. The van der Waals surface area contributed by atoms with Crippen LogP contribution in [0.2, 0.25) is 12.6 Å². The van der Waals surface area contributed by atoms with Crippen molar-refractivity contribution in [2.45, 2.75) is 39.3 Å². The zero-order valence-corrected chi connectivity index (χ0v) is 12.2. The van der Waals surface area contributed by atoms with Gasteiger partial charge < -0.3 is 13.6 Å². The van der Waals surface area contributed by atoms with E-state index in [2.05, 4.69) is 20.4 Å². The van der Waals surface area contributed by atoms with E-state index in [0.717, 1.165) is 12.8 Å². The molecule has 0 N–H and O–H groups in total. The summed E-state index contributed by atoms with van der Waals surface area (Å²) in [5.74, 6) is -0.396. The standard InChI is InChI=1S/C12H24O4Si/c1-5-8-15-17(4,16-9-6-2)11-10-14-12(13)7-3/h7H,3,5-6,8-11H2,1-2,4H3. The third-order valence-corrected chi connectivity index (χ3v) is 4.93. The monoisotopic (exact) mass is 260 g/mol. The van der Waals surface area contributed by atoms with Gasteiger partial charge in [-0.2, -0.15) is 0 Å². The van der Waals surface area contributed by atoms with Crippen LogP contribution < -0.4 is 0 Å². The van der Waals surface area contributed by atoms with Crippen LogP contribution in [0.3, 0.4) is 0 Å². The Morgan fingerprint density at radius 3 is 2.12 bits per heavy atom. The summed E-state index contributed by atoms with van der Waals surface area (Å²) in [6, 6.07) is 0.659. The Balaban J connectivity index is 4.07. The molecule has 0 radical (unpaired) electrons. The average Bonchev–Trinajstić information content (AvgIpc) is 2.34. The number of carbonyl (C=O) groups is 1. The van der Waals surface area contributed by atoms with Crippen LogP contribution in [-0.2, 0) is 18.4 Å². The molecule has 0 aromatic carbocycles. The van der Waals surface area contributed by atoms with E-state index in [0.29, 0.717) is 25.9 Å². The molecule has 0 rings (SSSR count). The summed E-state index contributed by atoms with van der Waals surface area (Å²) in [5, 5.41) is 0. The van der Waals surface area contributed by atoms with Crippen molar-refractivity contribution in [2.75, 3.05) is 19.8 Å². The molecule has 4 nitrogen and oxygen atoms in total. The fourth-order valence-electron chi connectivity index (χ4n) is 1.22. The predicted molar refractivity (Wildman–Crippen MR) is 70.1 cm³/mol. The highest BCUT2D eigenvalue weighted by molar-refractivity contribution is 6.66. The molecule has 0 aromatic heterocycles. The first kappa shape index (κ1) is 16.3. The maximum Gasteiger partial charge on any atom is 0.338 e. The number of rotatable bonds is 10. The molecule has 100 valence electrons. The summed E-state index contributed by atoms with van der Waals surface area (Å²) in [7, 11) is -2.18. The molecule has 0 saturated carbocycles. The predicted octanol–water partition coefficient (Wildman–Crippen LogP) is 2.64. The first-order valence-electron chi connectivity index (χ1n) is 6.15.